The molecule has 17 heavy (non-hydrogen) atoms. The molecule has 0 N–H and O–H groups in total. The Kier molecular flexibility index (Phi) is 2.45. The average Bonchev–Trinajstić information content (AvgIpc) is 2.39. The van der Waals surface area contributed by atoms with Gasteiger partial charge in [0.1, 0.15) is 0 Å². The Morgan fingerprint density at radius 1 is 0.941 bits per heavy atom. The van der Waals surface area contributed by atoms with Gasteiger partial charge in [-0.05, 0) is 40.6 Å². The van der Waals surface area contributed by atoms with E-state index < -0.39 is 0 Å². The van der Waals surface area contributed by atoms with Crippen LogP contribution in [0.5, 0.6) is 0 Å². The second kappa shape index (κ2) is 4.10. The second-order valence-electron chi connectivity index (χ2n) is 4.51. The van der Waals surface area contributed by atoms with Crippen LogP contribution in [-0.2, 0) is 6.54 Å². The van der Waals surface area contributed by atoms with Crippen molar-refractivity contribution in [2.45, 2.75) is 6.54 Å². The molecule has 0 fully saturated rings. The topological polar surface area (TPSA) is 3.24 Å². The Bertz CT molecular complexity index is 555. The number of hydrogen-bond acceptors (Lipinski definition) is 1. The summed E-state index contributed by atoms with van der Waals surface area (Å²) in [4.78, 5) is 2.20. The summed E-state index contributed by atoms with van der Waals surface area (Å²) in [6.07, 6.45) is 4.32. The van der Waals surface area contributed by atoms with Gasteiger partial charge in [0.05, 0.1) is 0 Å². The maximum atomic E-state index is 2.27. The van der Waals surface area contributed by atoms with Crippen LogP contribution < -0.4 is 0 Å². The van der Waals surface area contributed by atoms with Crippen LogP contribution in [0.2, 0.25) is 0 Å². The van der Waals surface area contributed by atoms with E-state index in [1.807, 2.05) is 0 Å². The van der Waals surface area contributed by atoms with Gasteiger partial charge < -0.3 is 4.90 Å². The molecule has 1 aliphatic rings. The zero-order valence-electron chi connectivity index (χ0n) is 9.93. The molecule has 84 valence electrons. The van der Waals surface area contributed by atoms with Crippen LogP contribution in [0.3, 0.4) is 0 Å². The van der Waals surface area contributed by atoms with E-state index in [-0.39, 0.29) is 0 Å². The van der Waals surface area contributed by atoms with Crippen LogP contribution in [0.25, 0.3) is 17.2 Å². The molecule has 0 bridgehead atoms. The van der Waals surface area contributed by atoms with Crippen LogP contribution in [0, 0.1) is 0 Å². The van der Waals surface area contributed by atoms with Crippen molar-refractivity contribution in [1.82, 2.24) is 4.90 Å². The van der Waals surface area contributed by atoms with Crippen molar-refractivity contribution >= 4 is 6.08 Å². The predicted octanol–water partition coefficient (Wildman–Crippen LogP) is 3.77. The molecule has 0 aromatic heterocycles. The summed E-state index contributed by atoms with van der Waals surface area (Å²) in [6, 6.07) is 17.2. The standard InChI is InChI=1S/C16H15N/c1-17-10-9-15-11-14(7-8-16(15)12-17)13-5-3-2-4-6-13/h2-11H,12H2,1H3. The molecule has 0 spiro atoms. The van der Waals surface area contributed by atoms with E-state index in [2.05, 4.69) is 72.8 Å². The summed E-state index contributed by atoms with van der Waals surface area (Å²) in [5.41, 5.74) is 5.31. The maximum absolute atomic E-state index is 2.27. The Morgan fingerprint density at radius 3 is 2.59 bits per heavy atom. The third-order valence-corrected chi connectivity index (χ3v) is 3.18. The molecule has 0 radical (unpaired) electrons. The summed E-state index contributed by atoms with van der Waals surface area (Å²) >= 11 is 0. The molecule has 0 unspecified atom stereocenters. The van der Waals surface area contributed by atoms with E-state index in [1.165, 1.54) is 22.3 Å². The van der Waals surface area contributed by atoms with Crippen LogP contribution in [-0.4, -0.2) is 11.9 Å². The van der Waals surface area contributed by atoms with Crippen molar-refractivity contribution in [2.24, 2.45) is 0 Å². The summed E-state index contributed by atoms with van der Waals surface area (Å²) in [5.74, 6) is 0. The van der Waals surface area contributed by atoms with Gasteiger partial charge in [0.25, 0.3) is 0 Å². The highest BCUT2D eigenvalue weighted by atomic mass is 15.1. The lowest BCUT2D eigenvalue weighted by atomic mass is 9.97. The van der Waals surface area contributed by atoms with Crippen LogP contribution >= 0.6 is 0 Å². The minimum absolute atomic E-state index is 1.00. The smallest absolute Gasteiger partial charge is 0.0426 e. The van der Waals surface area contributed by atoms with Gasteiger partial charge >= 0.3 is 0 Å². The molecule has 1 heteroatoms. The largest absolute Gasteiger partial charge is 0.376 e. The van der Waals surface area contributed by atoms with Crippen molar-refractivity contribution in [3.8, 4) is 11.1 Å². The Labute approximate surface area is 102 Å². The van der Waals surface area contributed by atoms with E-state index >= 15 is 0 Å². The van der Waals surface area contributed by atoms with E-state index in [0.29, 0.717) is 0 Å². The molecule has 2 aromatic carbocycles. The highest BCUT2D eigenvalue weighted by Gasteiger charge is 2.08. The van der Waals surface area contributed by atoms with E-state index in [4.69, 9.17) is 0 Å². The molecule has 0 aliphatic carbocycles. The number of benzene rings is 2. The summed E-state index contributed by atoms with van der Waals surface area (Å²) < 4.78 is 0. The molecular weight excluding hydrogens is 206 g/mol. The highest BCUT2D eigenvalue weighted by molar-refractivity contribution is 5.69. The molecule has 0 saturated heterocycles. The van der Waals surface area contributed by atoms with Gasteiger partial charge in [-0.15, -0.1) is 0 Å². The van der Waals surface area contributed by atoms with Gasteiger partial charge in [-0.1, -0.05) is 42.5 Å². The van der Waals surface area contributed by atoms with Crippen molar-refractivity contribution < 1.29 is 0 Å². The second-order valence-corrected chi connectivity index (χ2v) is 4.51. The zero-order chi connectivity index (χ0) is 11.7. The van der Waals surface area contributed by atoms with Gasteiger partial charge in [-0.2, -0.15) is 0 Å². The molecule has 0 amide bonds. The van der Waals surface area contributed by atoms with E-state index in [9.17, 15) is 0 Å². The van der Waals surface area contributed by atoms with Crippen LogP contribution in [0.15, 0.2) is 54.7 Å². The van der Waals surface area contributed by atoms with E-state index in [0.717, 1.165) is 6.54 Å². The Hall–Kier alpha value is -2.02. The fourth-order valence-electron chi connectivity index (χ4n) is 2.23. The minimum Gasteiger partial charge on any atom is -0.376 e. The van der Waals surface area contributed by atoms with Crippen molar-refractivity contribution in [3.05, 3.63) is 65.9 Å². The molecule has 2 aromatic rings. The van der Waals surface area contributed by atoms with Gasteiger partial charge in [0.15, 0.2) is 0 Å². The van der Waals surface area contributed by atoms with Crippen LogP contribution in [0.1, 0.15) is 11.1 Å². The fraction of sp³-hybridized carbons (Fsp3) is 0.125. The fourth-order valence-corrected chi connectivity index (χ4v) is 2.23. The van der Waals surface area contributed by atoms with Crippen molar-refractivity contribution in [3.63, 3.8) is 0 Å². The monoisotopic (exact) mass is 221 g/mol. The van der Waals surface area contributed by atoms with Gasteiger partial charge in [0, 0.05) is 13.6 Å². The molecule has 3 rings (SSSR count). The lowest BCUT2D eigenvalue weighted by molar-refractivity contribution is 0.448. The minimum atomic E-state index is 1.00. The van der Waals surface area contributed by atoms with Gasteiger partial charge in [0.2, 0.25) is 0 Å². The van der Waals surface area contributed by atoms with E-state index in [1.54, 1.807) is 0 Å². The Balaban J connectivity index is 2.04. The van der Waals surface area contributed by atoms with Crippen LogP contribution in [0.4, 0.5) is 0 Å². The molecule has 1 nitrogen and oxygen atoms in total. The summed E-state index contributed by atoms with van der Waals surface area (Å²) in [7, 11) is 2.10. The summed E-state index contributed by atoms with van der Waals surface area (Å²) in [5, 5.41) is 0. The quantitative estimate of drug-likeness (QED) is 0.708. The molecule has 1 heterocycles. The number of rotatable bonds is 1. The average molecular weight is 221 g/mol. The van der Waals surface area contributed by atoms with Gasteiger partial charge in [-0.3, -0.25) is 0 Å². The lowest BCUT2D eigenvalue weighted by Gasteiger charge is -2.21. The Morgan fingerprint density at radius 2 is 1.76 bits per heavy atom. The van der Waals surface area contributed by atoms with Crippen molar-refractivity contribution in [1.29, 1.82) is 0 Å². The highest BCUT2D eigenvalue weighted by Crippen LogP contribution is 2.26. The third-order valence-electron chi connectivity index (χ3n) is 3.18. The SMILES string of the molecule is CN1C=Cc2cc(-c3ccccc3)ccc2C1. The normalized spacial score (nSPS) is 13.6. The molecule has 0 saturated carbocycles. The first kappa shape index (κ1) is 10.2. The number of fused-ring (bicyclic) bond motifs is 1. The molecular formula is C16H15N. The van der Waals surface area contributed by atoms with Crippen molar-refractivity contribution in [2.75, 3.05) is 7.05 Å². The molecule has 0 atom stereocenters. The lowest BCUT2D eigenvalue weighted by Crippen LogP contribution is -2.14. The first-order valence-electron chi connectivity index (χ1n) is 5.90. The zero-order valence-corrected chi connectivity index (χ0v) is 9.93. The first-order valence-corrected chi connectivity index (χ1v) is 5.90. The third kappa shape index (κ3) is 1.96. The maximum Gasteiger partial charge on any atom is 0.0426 e. The summed E-state index contributed by atoms with van der Waals surface area (Å²) in [6.45, 7) is 1.00. The predicted molar refractivity (Wildman–Crippen MR) is 72.4 cm³/mol. The number of hydrogen-bond donors (Lipinski definition) is 0. The molecule has 1 aliphatic heterocycles. The number of nitrogens with zero attached hydrogens (tertiary/aromatic N) is 1. The van der Waals surface area contributed by atoms with Gasteiger partial charge in [-0.25, -0.2) is 0 Å². The first-order chi connectivity index (χ1) is 8.33.